The second-order valence-corrected chi connectivity index (χ2v) is 8.31. The van der Waals surface area contributed by atoms with Gasteiger partial charge in [-0.15, -0.1) is 0 Å². The van der Waals surface area contributed by atoms with Gasteiger partial charge in [-0.1, -0.05) is 13.0 Å². The fraction of sp³-hybridized carbons (Fsp3) is 0.250. The van der Waals surface area contributed by atoms with Gasteiger partial charge in [0.05, 0.1) is 0 Å². The molecule has 4 nitrogen and oxygen atoms in total. The van der Waals surface area contributed by atoms with Crippen molar-refractivity contribution >= 4 is 47.8 Å². The van der Waals surface area contributed by atoms with Crippen LogP contribution >= 0.6 is 47.8 Å². The first-order valence-corrected chi connectivity index (χ1v) is 10.7. The molecule has 27 heavy (non-hydrogen) atoms. The number of nitrogens with zero attached hydrogens (tertiary/aromatic N) is 3. The number of rotatable bonds is 2. The van der Waals surface area contributed by atoms with E-state index in [1.54, 1.807) is 12.4 Å². The Morgan fingerprint density at radius 1 is 0.778 bits per heavy atom. The van der Waals surface area contributed by atoms with E-state index in [-0.39, 0.29) is 6.04 Å². The Bertz CT molecular complexity index is 690. The van der Waals surface area contributed by atoms with Gasteiger partial charge in [0, 0.05) is 45.0 Å². The van der Waals surface area contributed by atoms with Gasteiger partial charge in [-0.05, 0) is 104 Å². The summed E-state index contributed by atoms with van der Waals surface area (Å²) in [4.78, 5) is 12.1. The third-order valence-corrected chi connectivity index (χ3v) is 4.78. The molecule has 0 aliphatic rings. The number of hydrogen-bond acceptors (Lipinski definition) is 4. The molecular weight excluding hydrogens is 536 g/mol. The molecule has 0 saturated heterocycles. The van der Waals surface area contributed by atoms with E-state index in [0.29, 0.717) is 0 Å². The van der Waals surface area contributed by atoms with Gasteiger partial charge in [-0.3, -0.25) is 9.97 Å². The topological polar surface area (TPSA) is 64.7 Å². The minimum Gasteiger partial charge on any atom is -0.324 e. The monoisotopic (exact) mass is 556 g/mol. The minimum absolute atomic E-state index is 0.142. The van der Waals surface area contributed by atoms with E-state index in [1.807, 2.05) is 56.4 Å². The Morgan fingerprint density at radius 2 is 1.30 bits per heavy atom. The molecule has 3 heterocycles. The maximum absolute atomic E-state index is 5.80. The Labute approximate surface area is 186 Å². The van der Waals surface area contributed by atoms with Gasteiger partial charge < -0.3 is 5.73 Å². The highest BCUT2D eigenvalue weighted by molar-refractivity contribution is 9.11. The van der Waals surface area contributed by atoms with E-state index >= 15 is 0 Å². The van der Waals surface area contributed by atoms with Crippen LogP contribution < -0.4 is 5.73 Å². The van der Waals surface area contributed by atoms with Crippen molar-refractivity contribution in [3.05, 3.63) is 85.5 Å². The van der Waals surface area contributed by atoms with Crippen molar-refractivity contribution < 1.29 is 0 Å². The number of pyridine rings is 3. The second kappa shape index (κ2) is 13.1. The van der Waals surface area contributed by atoms with Crippen LogP contribution in [0, 0.1) is 13.8 Å². The van der Waals surface area contributed by atoms with Crippen LogP contribution in [-0.2, 0) is 0 Å². The predicted molar refractivity (Wildman–Crippen MR) is 123 cm³/mol. The van der Waals surface area contributed by atoms with E-state index in [9.17, 15) is 0 Å². The highest BCUT2D eigenvalue weighted by Crippen LogP contribution is 2.12. The molecule has 3 aromatic rings. The van der Waals surface area contributed by atoms with Crippen LogP contribution in [-0.4, -0.2) is 15.0 Å². The van der Waals surface area contributed by atoms with Crippen molar-refractivity contribution in [1.29, 1.82) is 0 Å². The third kappa shape index (κ3) is 10.7. The normalized spacial score (nSPS) is 10.8. The first-order valence-electron chi connectivity index (χ1n) is 8.35. The second-order valence-electron chi connectivity index (χ2n) is 5.66. The van der Waals surface area contributed by atoms with Crippen LogP contribution in [0.3, 0.4) is 0 Å². The number of aryl methyl sites for hydroxylation is 2. The summed E-state index contributed by atoms with van der Waals surface area (Å²) in [5.74, 6) is 0. The molecule has 1 atom stereocenters. The lowest BCUT2D eigenvalue weighted by Gasteiger charge is -2.07. The highest BCUT2D eigenvalue weighted by Gasteiger charge is 2.01. The molecule has 2 N–H and O–H groups in total. The van der Waals surface area contributed by atoms with Crippen LogP contribution in [0.1, 0.15) is 36.3 Å². The highest BCUT2D eigenvalue weighted by atomic mass is 79.9. The molecule has 144 valence electrons. The van der Waals surface area contributed by atoms with E-state index in [0.717, 1.165) is 36.9 Å². The average molecular weight is 559 g/mol. The Hall–Kier alpha value is -1.15. The van der Waals surface area contributed by atoms with Gasteiger partial charge in [0.1, 0.15) is 4.60 Å². The van der Waals surface area contributed by atoms with Crippen molar-refractivity contribution in [2.45, 2.75) is 33.2 Å². The molecule has 0 spiro atoms. The van der Waals surface area contributed by atoms with E-state index in [4.69, 9.17) is 5.73 Å². The smallest absolute Gasteiger partial charge is 0.106 e. The first kappa shape index (κ1) is 23.9. The molecule has 0 radical (unpaired) electrons. The van der Waals surface area contributed by atoms with Crippen molar-refractivity contribution in [1.82, 2.24) is 15.0 Å². The summed E-state index contributed by atoms with van der Waals surface area (Å²) in [5, 5.41) is 0. The lowest BCUT2D eigenvalue weighted by atomic mass is 10.1. The molecule has 0 saturated carbocycles. The van der Waals surface area contributed by atoms with Gasteiger partial charge in [0.15, 0.2) is 0 Å². The number of halogens is 3. The third-order valence-electron chi connectivity index (χ3n) is 3.37. The molecule has 3 rings (SSSR count). The van der Waals surface area contributed by atoms with E-state index in [2.05, 4.69) is 69.7 Å². The maximum atomic E-state index is 5.80. The van der Waals surface area contributed by atoms with Crippen molar-refractivity contribution in [3.63, 3.8) is 0 Å². The molecule has 0 unspecified atom stereocenters. The number of nitrogens with two attached hydrogens (primary N) is 1. The summed E-state index contributed by atoms with van der Waals surface area (Å²) in [6.45, 7) is 6.01. The zero-order chi connectivity index (χ0) is 20.2. The molecule has 7 heteroatoms. The molecule has 0 aliphatic heterocycles. The largest absolute Gasteiger partial charge is 0.324 e. The van der Waals surface area contributed by atoms with Crippen LogP contribution in [0.15, 0.2) is 68.5 Å². The summed E-state index contributed by atoms with van der Waals surface area (Å²) in [7, 11) is 0. The Kier molecular flexibility index (Phi) is 11.6. The molecule has 0 aromatic carbocycles. The summed E-state index contributed by atoms with van der Waals surface area (Å²) in [6.07, 6.45) is 6.34. The number of aromatic nitrogens is 3. The quantitative estimate of drug-likeness (QED) is 0.362. The number of hydrogen-bond donors (Lipinski definition) is 1. The summed E-state index contributed by atoms with van der Waals surface area (Å²) in [6, 6.07) is 11.9. The fourth-order valence-corrected chi connectivity index (χ4v) is 2.45. The molecule has 0 aliphatic carbocycles. The molecule has 3 aromatic heterocycles. The van der Waals surface area contributed by atoms with E-state index in [1.165, 1.54) is 0 Å². The first-order chi connectivity index (χ1) is 12.8. The molecular formula is C20H23Br3N4. The molecule has 0 amide bonds. The van der Waals surface area contributed by atoms with Crippen molar-refractivity contribution in [3.8, 4) is 0 Å². The van der Waals surface area contributed by atoms with Crippen LogP contribution in [0.4, 0.5) is 0 Å². The van der Waals surface area contributed by atoms with Gasteiger partial charge in [0.2, 0.25) is 0 Å². The Balaban J connectivity index is 0.000000206. The molecule has 0 bridgehead atoms. The lowest BCUT2D eigenvalue weighted by molar-refractivity contribution is 0.694. The predicted octanol–water partition coefficient (Wildman–Crippen LogP) is 6.56. The summed E-state index contributed by atoms with van der Waals surface area (Å²) in [5.41, 5.74) is 9.02. The van der Waals surface area contributed by atoms with Gasteiger partial charge in [-0.2, -0.15) is 0 Å². The average Bonchev–Trinajstić information content (AvgIpc) is 2.67. The zero-order valence-electron chi connectivity index (χ0n) is 15.5. The SMILES string of the molecule is Brc1ccc(Br)nc1.CC[C@H](N)c1ccc(C)nc1.Cc1ccc(Br)cn1. The fourth-order valence-electron chi connectivity index (χ4n) is 1.74. The summed E-state index contributed by atoms with van der Waals surface area (Å²) < 4.78 is 2.89. The van der Waals surface area contributed by atoms with Gasteiger partial charge in [-0.25, -0.2) is 4.98 Å². The van der Waals surface area contributed by atoms with Gasteiger partial charge >= 0.3 is 0 Å². The van der Waals surface area contributed by atoms with Gasteiger partial charge in [0.25, 0.3) is 0 Å². The summed E-state index contributed by atoms with van der Waals surface area (Å²) >= 11 is 9.76. The van der Waals surface area contributed by atoms with Crippen LogP contribution in [0.2, 0.25) is 0 Å². The minimum atomic E-state index is 0.142. The standard InChI is InChI=1S/C9H14N2.C6H6BrN.C5H3Br2N/c1-3-9(10)8-5-4-7(2)11-6-8;1-5-2-3-6(7)4-8-5;6-4-1-2-5(7)8-3-4/h4-6,9H,3,10H2,1-2H3;2-4H,1H3;1-3H/t9-;;/m0../s1. The van der Waals surface area contributed by atoms with Crippen LogP contribution in [0.5, 0.6) is 0 Å². The van der Waals surface area contributed by atoms with Crippen LogP contribution in [0.25, 0.3) is 0 Å². The molecule has 0 fully saturated rings. The lowest BCUT2D eigenvalue weighted by Crippen LogP contribution is -2.08. The van der Waals surface area contributed by atoms with E-state index < -0.39 is 0 Å². The maximum Gasteiger partial charge on any atom is 0.106 e. The van der Waals surface area contributed by atoms with Crippen molar-refractivity contribution in [2.75, 3.05) is 0 Å². The Morgan fingerprint density at radius 3 is 1.63 bits per heavy atom. The zero-order valence-corrected chi connectivity index (χ0v) is 20.3. The van der Waals surface area contributed by atoms with Crippen molar-refractivity contribution in [2.24, 2.45) is 5.73 Å².